The fourth-order valence-corrected chi connectivity index (χ4v) is 2.06. The van der Waals surface area contributed by atoms with Gasteiger partial charge in [0, 0.05) is 14.2 Å². The van der Waals surface area contributed by atoms with Gasteiger partial charge in [-0.1, -0.05) is 30.3 Å². The maximum absolute atomic E-state index is 5.69. The van der Waals surface area contributed by atoms with Gasteiger partial charge in [0.1, 0.15) is 6.23 Å². The molecule has 0 saturated carbocycles. The summed E-state index contributed by atoms with van der Waals surface area (Å²) in [5, 5.41) is 3.00. The number of methoxy groups -OCH3 is 2. The third-order valence-corrected chi connectivity index (χ3v) is 2.87. The van der Waals surface area contributed by atoms with Gasteiger partial charge in [-0.15, -0.1) is 0 Å². The van der Waals surface area contributed by atoms with Gasteiger partial charge in [0.2, 0.25) is 0 Å². The van der Waals surface area contributed by atoms with Gasteiger partial charge in [0.05, 0.1) is 5.92 Å². The van der Waals surface area contributed by atoms with Gasteiger partial charge in [0.15, 0.2) is 12.2 Å². The molecule has 2 rings (SSSR count). The zero-order valence-electron chi connectivity index (χ0n) is 9.96. The van der Waals surface area contributed by atoms with Crippen LogP contribution in [0.1, 0.15) is 11.5 Å². The Morgan fingerprint density at radius 2 is 1.88 bits per heavy atom. The Labute approximate surface area is 101 Å². The molecule has 3 unspecified atom stereocenters. The normalized spacial score (nSPS) is 28.4. The van der Waals surface area contributed by atoms with Gasteiger partial charge in [0.25, 0.3) is 0 Å². The molecular formula is C12H17N3O2. The molecule has 92 valence electrons. The lowest BCUT2D eigenvalue weighted by Crippen LogP contribution is -2.52. The van der Waals surface area contributed by atoms with E-state index in [-0.39, 0.29) is 18.4 Å². The molecule has 3 N–H and O–H groups in total. The van der Waals surface area contributed by atoms with Crippen LogP contribution in [0.25, 0.3) is 0 Å². The third kappa shape index (κ3) is 2.40. The number of benzene rings is 1. The van der Waals surface area contributed by atoms with Gasteiger partial charge in [-0.3, -0.25) is 0 Å². The van der Waals surface area contributed by atoms with Gasteiger partial charge in [-0.2, -0.15) is 0 Å². The van der Waals surface area contributed by atoms with E-state index in [1.807, 2.05) is 30.3 Å². The molecule has 0 spiro atoms. The average Bonchev–Trinajstić information content (AvgIpc) is 2.38. The molecule has 0 saturated heterocycles. The van der Waals surface area contributed by atoms with Crippen LogP contribution in [0.3, 0.4) is 0 Å². The van der Waals surface area contributed by atoms with E-state index >= 15 is 0 Å². The molecule has 0 fully saturated rings. The van der Waals surface area contributed by atoms with Crippen LogP contribution >= 0.6 is 0 Å². The maximum atomic E-state index is 5.69. The first-order valence-electron chi connectivity index (χ1n) is 5.46. The van der Waals surface area contributed by atoms with Crippen molar-refractivity contribution in [3.8, 4) is 0 Å². The first kappa shape index (κ1) is 11.9. The Balaban J connectivity index is 2.34. The van der Waals surface area contributed by atoms with Crippen molar-refractivity contribution in [3.05, 3.63) is 35.9 Å². The highest BCUT2D eigenvalue weighted by Gasteiger charge is 2.35. The molecule has 3 atom stereocenters. The Bertz CT molecular complexity index is 394. The summed E-state index contributed by atoms with van der Waals surface area (Å²) in [5.41, 5.74) is 6.79. The molecule has 5 nitrogen and oxygen atoms in total. The molecule has 0 amide bonds. The zero-order chi connectivity index (χ0) is 12.3. The Morgan fingerprint density at radius 3 is 2.47 bits per heavy atom. The molecule has 0 radical (unpaired) electrons. The van der Waals surface area contributed by atoms with Crippen molar-refractivity contribution in [1.82, 2.24) is 5.32 Å². The number of guanidine groups is 1. The second-order valence-corrected chi connectivity index (χ2v) is 3.88. The molecule has 0 aromatic heterocycles. The first-order valence-corrected chi connectivity index (χ1v) is 5.46. The van der Waals surface area contributed by atoms with E-state index in [9.17, 15) is 0 Å². The highest BCUT2D eigenvalue weighted by Crippen LogP contribution is 2.28. The number of rotatable bonds is 3. The van der Waals surface area contributed by atoms with Crippen LogP contribution in [0.2, 0.25) is 0 Å². The lowest BCUT2D eigenvalue weighted by Gasteiger charge is -2.35. The Morgan fingerprint density at radius 1 is 1.18 bits per heavy atom. The molecule has 5 heteroatoms. The van der Waals surface area contributed by atoms with E-state index in [0.717, 1.165) is 5.56 Å². The van der Waals surface area contributed by atoms with Crippen molar-refractivity contribution in [1.29, 1.82) is 0 Å². The van der Waals surface area contributed by atoms with Crippen LogP contribution in [0, 0.1) is 0 Å². The molecule has 0 bridgehead atoms. The van der Waals surface area contributed by atoms with Crippen molar-refractivity contribution < 1.29 is 9.47 Å². The molecule has 1 aromatic rings. The van der Waals surface area contributed by atoms with Crippen LogP contribution < -0.4 is 11.1 Å². The monoisotopic (exact) mass is 235 g/mol. The van der Waals surface area contributed by atoms with E-state index in [1.54, 1.807) is 14.2 Å². The number of ether oxygens (including phenoxy) is 2. The van der Waals surface area contributed by atoms with Gasteiger partial charge < -0.3 is 20.5 Å². The smallest absolute Gasteiger partial charge is 0.193 e. The minimum Gasteiger partial charge on any atom is -0.370 e. The Hall–Kier alpha value is -1.59. The SMILES string of the molecule is COC1N=C(N)NC(OC)C1c1ccccc1. The molecule has 1 aliphatic rings. The third-order valence-electron chi connectivity index (χ3n) is 2.87. The van der Waals surface area contributed by atoms with E-state index in [2.05, 4.69) is 10.3 Å². The van der Waals surface area contributed by atoms with E-state index in [4.69, 9.17) is 15.2 Å². The molecular weight excluding hydrogens is 218 g/mol. The summed E-state index contributed by atoms with van der Waals surface area (Å²) in [6, 6.07) is 10.00. The minimum absolute atomic E-state index is 0.0153. The van der Waals surface area contributed by atoms with Crippen molar-refractivity contribution in [2.24, 2.45) is 10.7 Å². The number of nitrogens with one attached hydrogen (secondary N) is 1. The quantitative estimate of drug-likeness (QED) is 0.806. The Kier molecular flexibility index (Phi) is 3.61. The van der Waals surface area contributed by atoms with Gasteiger partial charge >= 0.3 is 0 Å². The fourth-order valence-electron chi connectivity index (χ4n) is 2.06. The molecule has 1 heterocycles. The van der Waals surface area contributed by atoms with E-state index < -0.39 is 0 Å². The molecule has 0 aliphatic carbocycles. The lowest BCUT2D eigenvalue weighted by atomic mass is 9.94. The number of hydrogen-bond donors (Lipinski definition) is 2. The molecule has 1 aliphatic heterocycles. The number of nitrogens with zero attached hydrogens (tertiary/aromatic N) is 1. The number of hydrogen-bond acceptors (Lipinski definition) is 5. The van der Waals surface area contributed by atoms with E-state index in [1.165, 1.54) is 0 Å². The van der Waals surface area contributed by atoms with Crippen molar-refractivity contribution in [3.63, 3.8) is 0 Å². The van der Waals surface area contributed by atoms with Crippen molar-refractivity contribution in [2.75, 3.05) is 14.2 Å². The summed E-state index contributed by atoms with van der Waals surface area (Å²) < 4.78 is 10.8. The van der Waals surface area contributed by atoms with Crippen LogP contribution in [0.15, 0.2) is 35.3 Å². The second kappa shape index (κ2) is 5.16. The summed E-state index contributed by atoms with van der Waals surface area (Å²) in [6.07, 6.45) is -0.566. The summed E-state index contributed by atoms with van der Waals surface area (Å²) in [6.45, 7) is 0. The topological polar surface area (TPSA) is 68.9 Å². The van der Waals surface area contributed by atoms with Crippen LogP contribution in [-0.4, -0.2) is 32.6 Å². The van der Waals surface area contributed by atoms with Crippen LogP contribution in [0.5, 0.6) is 0 Å². The number of nitrogens with two attached hydrogens (primary N) is 1. The number of aliphatic imine (C=N–C) groups is 1. The lowest BCUT2D eigenvalue weighted by molar-refractivity contribution is -0.0120. The maximum Gasteiger partial charge on any atom is 0.193 e. The largest absolute Gasteiger partial charge is 0.370 e. The summed E-state index contributed by atoms with van der Waals surface area (Å²) in [4.78, 5) is 4.24. The predicted molar refractivity (Wildman–Crippen MR) is 65.5 cm³/mol. The zero-order valence-corrected chi connectivity index (χ0v) is 9.96. The van der Waals surface area contributed by atoms with Crippen molar-refractivity contribution in [2.45, 2.75) is 18.4 Å². The second-order valence-electron chi connectivity index (χ2n) is 3.88. The van der Waals surface area contributed by atoms with Gasteiger partial charge in [-0.25, -0.2) is 4.99 Å². The van der Waals surface area contributed by atoms with Crippen LogP contribution in [-0.2, 0) is 9.47 Å². The van der Waals surface area contributed by atoms with Crippen molar-refractivity contribution >= 4 is 5.96 Å². The standard InChI is InChI=1S/C12H17N3O2/c1-16-10-9(8-6-4-3-5-7-8)11(17-2)15-12(13)14-10/h3-7,9-11H,1-2H3,(H3,13,14,15). The summed E-state index contributed by atoms with van der Waals surface area (Å²) in [5.74, 6) is 0.328. The summed E-state index contributed by atoms with van der Waals surface area (Å²) in [7, 11) is 3.26. The van der Waals surface area contributed by atoms with Gasteiger partial charge in [-0.05, 0) is 5.56 Å². The fraction of sp³-hybridized carbons (Fsp3) is 0.417. The summed E-state index contributed by atoms with van der Waals surface area (Å²) >= 11 is 0. The van der Waals surface area contributed by atoms with Crippen LogP contribution in [0.4, 0.5) is 0 Å². The molecule has 1 aromatic carbocycles. The van der Waals surface area contributed by atoms with E-state index in [0.29, 0.717) is 5.96 Å². The highest BCUT2D eigenvalue weighted by molar-refractivity contribution is 5.79. The molecule has 17 heavy (non-hydrogen) atoms. The highest BCUT2D eigenvalue weighted by atomic mass is 16.5. The predicted octanol–water partition coefficient (Wildman–Crippen LogP) is 0.633. The first-order chi connectivity index (χ1) is 8.26. The average molecular weight is 235 g/mol. The minimum atomic E-state index is -0.330.